The van der Waals surface area contributed by atoms with Gasteiger partial charge < -0.3 is 10.4 Å². The number of rotatable bonds is 8. The highest BCUT2D eigenvalue weighted by Crippen LogP contribution is 2.34. The highest BCUT2D eigenvalue weighted by Gasteiger charge is 2.29. The van der Waals surface area contributed by atoms with Crippen molar-refractivity contribution in [1.82, 2.24) is 14.8 Å². The number of carboxylic acid groups (broad SMARTS) is 1. The maximum Gasteiger partial charge on any atom is 0.347 e. The van der Waals surface area contributed by atoms with Gasteiger partial charge in [0.15, 0.2) is 5.13 Å². The summed E-state index contributed by atoms with van der Waals surface area (Å²) in [5.41, 5.74) is 1.18. The minimum absolute atomic E-state index is 0.114. The second-order valence-electron chi connectivity index (χ2n) is 7.70. The van der Waals surface area contributed by atoms with E-state index in [1.54, 1.807) is 4.68 Å². The van der Waals surface area contributed by atoms with E-state index in [1.807, 2.05) is 12.4 Å². The second kappa shape index (κ2) is 7.80. The van der Waals surface area contributed by atoms with E-state index < -0.39 is 12.0 Å². The van der Waals surface area contributed by atoms with Crippen molar-refractivity contribution in [3.63, 3.8) is 0 Å². The van der Waals surface area contributed by atoms with E-state index in [4.69, 9.17) is 5.11 Å². The molecular weight excluding hydrogens is 364 g/mol. The van der Waals surface area contributed by atoms with Crippen molar-refractivity contribution in [3.05, 3.63) is 29.0 Å². The molecule has 1 unspecified atom stereocenters. The van der Waals surface area contributed by atoms with Gasteiger partial charge in [0.25, 0.3) is 5.91 Å². The first kappa shape index (κ1) is 18.2. The van der Waals surface area contributed by atoms with Gasteiger partial charge in [-0.3, -0.25) is 9.48 Å². The predicted molar refractivity (Wildman–Crippen MR) is 102 cm³/mol. The van der Waals surface area contributed by atoms with Crippen LogP contribution in [0.25, 0.3) is 0 Å². The molecule has 2 aromatic rings. The lowest BCUT2D eigenvalue weighted by atomic mass is 9.98. The maximum absolute atomic E-state index is 13.0. The topological polar surface area (TPSA) is 97.1 Å². The lowest BCUT2D eigenvalue weighted by molar-refractivity contribution is -0.120. The molecule has 2 aromatic heterocycles. The zero-order chi connectivity index (χ0) is 18.8. The van der Waals surface area contributed by atoms with Crippen LogP contribution in [-0.2, 0) is 11.2 Å². The van der Waals surface area contributed by atoms with Crippen LogP contribution in [-0.4, -0.2) is 31.7 Å². The number of aromatic carboxylic acids is 1. The molecule has 2 fully saturated rings. The Hall–Kier alpha value is -2.22. The number of thiazole rings is 1. The summed E-state index contributed by atoms with van der Waals surface area (Å²) in [5.74, 6) is 0.0961. The number of aromatic nitrogens is 3. The summed E-state index contributed by atoms with van der Waals surface area (Å²) in [4.78, 5) is 28.1. The third-order valence-corrected chi connectivity index (χ3v) is 6.38. The third kappa shape index (κ3) is 4.55. The molecule has 4 rings (SSSR count). The fourth-order valence-electron chi connectivity index (χ4n) is 3.83. The largest absolute Gasteiger partial charge is 0.477 e. The fraction of sp³-hybridized carbons (Fsp3) is 0.579. The van der Waals surface area contributed by atoms with E-state index in [2.05, 4.69) is 15.4 Å². The van der Waals surface area contributed by atoms with Gasteiger partial charge in [0.05, 0.1) is 12.4 Å². The van der Waals surface area contributed by atoms with Crippen LogP contribution in [0, 0.1) is 11.8 Å². The highest BCUT2D eigenvalue weighted by atomic mass is 32.1. The van der Waals surface area contributed by atoms with E-state index in [-0.39, 0.29) is 10.8 Å². The van der Waals surface area contributed by atoms with Gasteiger partial charge in [-0.25, -0.2) is 9.78 Å². The van der Waals surface area contributed by atoms with E-state index >= 15 is 0 Å². The summed E-state index contributed by atoms with van der Waals surface area (Å²) < 4.78 is 1.79. The molecule has 2 N–H and O–H groups in total. The summed E-state index contributed by atoms with van der Waals surface area (Å²) in [5, 5.41) is 16.6. The summed E-state index contributed by atoms with van der Waals surface area (Å²) in [6.07, 6.45) is 14.3. The van der Waals surface area contributed by atoms with Gasteiger partial charge in [-0.1, -0.05) is 37.0 Å². The van der Waals surface area contributed by atoms with Crippen LogP contribution in [0.5, 0.6) is 0 Å². The van der Waals surface area contributed by atoms with Crippen LogP contribution < -0.4 is 5.32 Å². The quantitative estimate of drug-likeness (QED) is 0.718. The lowest BCUT2D eigenvalue weighted by Crippen LogP contribution is -2.28. The Kier molecular flexibility index (Phi) is 5.24. The summed E-state index contributed by atoms with van der Waals surface area (Å²) in [6, 6.07) is -0.391. The monoisotopic (exact) mass is 388 g/mol. The van der Waals surface area contributed by atoms with E-state index in [0.29, 0.717) is 11.0 Å². The molecule has 2 aliphatic carbocycles. The van der Waals surface area contributed by atoms with Crippen molar-refractivity contribution in [3.8, 4) is 0 Å². The number of carbonyl (C=O) groups is 2. The molecule has 0 bridgehead atoms. The molecule has 0 spiro atoms. The molecule has 2 saturated carbocycles. The molecule has 144 valence electrons. The number of hydrogen-bond acceptors (Lipinski definition) is 5. The van der Waals surface area contributed by atoms with Crippen LogP contribution in [0.1, 0.15) is 66.2 Å². The minimum atomic E-state index is -1.03. The Morgan fingerprint density at radius 3 is 2.67 bits per heavy atom. The van der Waals surface area contributed by atoms with E-state index in [0.717, 1.165) is 42.9 Å². The molecule has 1 atom stereocenters. The number of anilines is 1. The van der Waals surface area contributed by atoms with E-state index in [1.165, 1.54) is 37.4 Å². The number of carbonyl (C=O) groups excluding carboxylic acids is 1. The SMILES string of the molecule is O=C(O)c1cnc(NC(=O)C(CC2CCCC2)n2cc(CC3CC3)cn2)s1. The average molecular weight is 388 g/mol. The van der Waals surface area contributed by atoms with Crippen molar-refractivity contribution in [2.24, 2.45) is 11.8 Å². The number of nitrogens with one attached hydrogen (secondary N) is 1. The van der Waals surface area contributed by atoms with Crippen LogP contribution >= 0.6 is 11.3 Å². The first-order valence-electron chi connectivity index (χ1n) is 9.61. The molecule has 8 heteroatoms. The Morgan fingerprint density at radius 2 is 2.00 bits per heavy atom. The van der Waals surface area contributed by atoms with Gasteiger partial charge in [0.1, 0.15) is 10.9 Å². The van der Waals surface area contributed by atoms with Crippen LogP contribution in [0.2, 0.25) is 0 Å². The Bertz CT molecular complexity index is 821. The lowest BCUT2D eigenvalue weighted by Gasteiger charge is -2.20. The summed E-state index contributed by atoms with van der Waals surface area (Å²) >= 11 is 0.974. The molecule has 2 heterocycles. The summed E-state index contributed by atoms with van der Waals surface area (Å²) in [7, 11) is 0. The van der Waals surface area contributed by atoms with E-state index in [9.17, 15) is 9.59 Å². The molecule has 2 aliphatic rings. The Labute approximate surface area is 161 Å². The molecule has 0 aromatic carbocycles. The normalized spacial score (nSPS) is 18.5. The zero-order valence-electron chi connectivity index (χ0n) is 15.1. The van der Waals surface area contributed by atoms with Gasteiger partial charge in [-0.2, -0.15) is 5.10 Å². The number of amides is 1. The molecule has 0 radical (unpaired) electrons. The van der Waals surface area contributed by atoms with Crippen molar-refractivity contribution < 1.29 is 14.7 Å². The summed E-state index contributed by atoms with van der Waals surface area (Å²) in [6.45, 7) is 0. The van der Waals surface area contributed by atoms with Gasteiger partial charge in [0, 0.05) is 6.20 Å². The van der Waals surface area contributed by atoms with Crippen LogP contribution in [0.4, 0.5) is 5.13 Å². The maximum atomic E-state index is 13.0. The molecule has 1 amide bonds. The molecule has 0 saturated heterocycles. The van der Waals surface area contributed by atoms with Crippen molar-refractivity contribution >= 4 is 28.3 Å². The predicted octanol–water partition coefficient (Wildman–Crippen LogP) is 3.75. The van der Waals surface area contributed by atoms with Crippen LogP contribution in [0.15, 0.2) is 18.6 Å². The smallest absolute Gasteiger partial charge is 0.347 e. The fourth-order valence-corrected chi connectivity index (χ4v) is 4.48. The number of nitrogens with zero attached hydrogens (tertiary/aromatic N) is 3. The molecular formula is C19H24N4O3S. The molecule has 0 aliphatic heterocycles. The van der Waals surface area contributed by atoms with Crippen molar-refractivity contribution in [1.29, 1.82) is 0 Å². The first-order valence-corrected chi connectivity index (χ1v) is 10.4. The van der Waals surface area contributed by atoms with Gasteiger partial charge >= 0.3 is 5.97 Å². The van der Waals surface area contributed by atoms with Crippen LogP contribution in [0.3, 0.4) is 0 Å². The van der Waals surface area contributed by atoms with Gasteiger partial charge in [-0.15, -0.1) is 0 Å². The number of carboxylic acids is 1. The van der Waals surface area contributed by atoms with Crippen molar-refractivity contribution in [2.75, 3.05) is 5.32 Å². The third-order valence-electron chi connectivity index (χ3n) is 5.48. The van der Waals surface area contributed by atoms with Gasteiger partial charge in [-0.05, 0) is 43.1 Å². The Morgan fingerprint density at radius 1 is 1.22 bits per heavy atom. The highest BCUT2D eigenvalue weighted by molar-refractivity contribution is 7.17. The minimum Gasteiger partial charge on any atom is -0.477 e. The first-order chi connectivity index (χ1) is 13.1. The average Bonchev–Trinajstić information content (AvgIpc) is 3.07. The second-order valence-corrected chi connectivity index (χ2v) is 8.73. The van der Waals surface area contributed by atoms with Crippen molar-refractivity contribution in [2.45, 2.75) is 57.4 Å². The Balaban J connectivity index is 1.49. The zero-order valence-corrected chi connectivity index (χ0v) is 16.0. The molecule has 7 nitrogen and oxygen atoms in total. The molecule has 27 heavy (non-hydrogen) atoms. The van der Waals surface area contributed by atoms with Gasteiger partial charge in [0.2, 0.25) is 0 Å². The number of hydrogen-bond donors (Lipinski definition) is 2. The standard InChI is InChI=1S/C19H24N4O3S/c24-17(22-19-20-10-16(27-19)18(25)26)15(8-12-3-1-2-4-12)23-11-14(9-21-23)7-13-5-6-13/h9-13,15H,1-8H2,(H,25,26)(H,20,22,24).